The number of phenols is 1. The van der Waals surface area contributed by atoms with E-state index >= 15 is 0 Å². The van der Waals surface area contributed by atoms with Crippen molar-refractivity contribution in [3.8, 4) is 5.75 Å². The van der Waals surface area contributed by atoms with Crippen molar-refractivity contribution in [2.45, 2.75) is 13.3 Å². The molecular formula is C13H19N3O. The van der Waals surface area contributed by atoms with Gasteiger partial charge in [0, 0.05) is 5.56 Å². The molecule has 4 nitrogen and oxygen atoms in total. The van der Waals surface area contributed by atoms with Gasteiger partial charge in [-0.25, -0.2) is 0 Å². The van der Waals surface area contributed by atoms with E-state index in [4.69, 9.17) is 11.1 Å². The highest BCUT2D eigenvalue weighted by Crippen LogP contribution is 2.25. The third-order valence-electron chi connectivity index (χ3n) is 2.47. The fourth-order valence-corrected chi connectivity index (χ4v) is 1.68. The van der Waals surface area contributed by atoms with E-state index < -0.39 is 0 Å². The molecule has 0 radical (unpaired) electrons. The molecule has 0 fully saturated rings. The van der Waals surface area contributed by atoms with Gasteiger partial charge in [-0.15, -0.1) is 0 Å². The number of amidine groups is 1. The van der Waals surface area contributed by atoms with E-state index in [0.29, 0.717) is 19.5 Å². The minimum atomic E-state index is 0.116. The van der Waals surface area contributed by atoms with E-state index in [2.05, 4.69) is 11.9 Å². The zero-order valence-electron chi connectivity index (χ0n) is 10.1. The average molecular weight is 233 g/mol. The first-order valence-electron chi connectivity index (χ1n) is 5.53. The second-order valence-electron chi connectivity index (χ2n) is 4.02. The zero-order chi connectivity index (χ0) is 12.8. The zero-order valence-corrected chi connectivity index (χ0v) is 10.1. The van der Waals surface area contributed by atoms with Gasteiger partial charge >= 0.3 is 0 Å². The van der Waals surface area contributed by atoms with E-state index in [1.165, 1.54) is 0 Å². The Kier molecular flexibility index (Phi) is 4.72. The monoisotopic (exact) mass is 233 g/mol. The molecule has 0 saturated carbocycles. The van der Waals surface area contributed by atoms with Gasteiger partial charge in [0.2, 0.25) is 0 Å². The summed E-state index contributed by atoms with van der Waals surface area (Å²) >= 11 is 0. The van der Waals surface area contributed by atoms with Gasteiger partial charge in [0.1, 0.15) is 11.6 Å². The Balaban J connectivity index is 2.67. The van der Waals surface area contributed by atoms with Gasteiger partial charge in [-0.2, -0.15) is 0 Å². The molecule has 0 aliphatic carbocycles. The maximum atomic E-state index is 9.96. The lowest BCUT2D eigenvalue weighted by molar-refractivity contribution is 0.466. The summed E-state index contributed by atoms with van der Waals surface area (Å²) in [7, 11) is 0. The standard InChI is InChI=1S/C13H19N3O/c1-3-10-6-9(2)7-11(13(10)17)4-5-16-8-12(14)15/h3,6-7,16-17H,1,4-5,8H2,2H3,(H3,14,15). The highest BCUT2D eigenvalue weighted by atomic mass is 16.3. The lowest BCUT2D eigenvalue weighted by atomic mass is 10.0. The van der Waals surface area contributed by atoms with Gasteiger partial charge in [-0.05, 0) is 37.1 Å². The van der Waals surface area contributed by atoms with Crippen LogP contribution in [0.2, 0.25) is 0 Å². The molecule has 1 rings (SSSR count). The molecule has 5 N–H and O–H groups in total. The molecule has 1 aromatic rings. The highest BCUT2D eigenvalue weighted by molar-refractivity contribution is 5.78. The van der Waals surface area contributed by atoms with Crippen LogP contribution >= 0.6 is 0 Å². The first kappa shape index (κ1) is 13.3. The quantitative estimate of drug-likeness (QED) is 0.340. The van der Waals surface area contributed by atoms with E-state index in [9.17, 15) is 5.11 Å². The van der Waals surface area contributed by atoms with Crippen molar-refractivity contribution in [1.29, 1.82) is 5.41 Å². The van der Waals surface area contributed by atoms with Crippen molar-refractivity contribution in [3.63, 3.8) is 0 Å². The third-order valence-corrected chi connectivity index (χ3v) is 2.47. The van der Waals surface area contributed by atoms with Crippen LogP contribution in [-0.2, 0) is 6.42 Å². The molecule has 0 atom stereocenters. The van der Waals surface area contributed by atoms with Crippen LogP contribution in [0.5, 0.6) is 5.75 Å². The molecule has 0 amide bonds. The van der Waals surface area contributed by atoms with Crippen LogP contribution in [0.4, 0.5) is 0 Å². The van der Waals surface area contributed by atoms with Crippen molar-refractivity contribution in [2.24, 2.45) is 5.73 Å². The molecule has 0 aromatic heterocycles. The van der Waals surface area contributed by atoms with Crippen LogP contribution in [0.3, 0.4) is 0 Å². The fraction of sp³-hybridized carbons (Fsp3) is 0.308. The van der Waals surface area contributed by atoms with E-state index in [-0.39, 0.29) is 11.6 Å². The predicted molar refractivity (Wildman–Crippen MR) is 71.4 cm³/mol. The number of nitrogens with one attached hydrogen (secondary N) is 2. The summed E-state index contributed by atoms with van der Waals surface area (Å²) in [5.74, 6) is 0.403. The predicted octanol–water partition coefficient (Wildman–Crippen LogP) is 1.41. The number of hydrogen-bond acceptors (Lipinski definition) is 3. The summed E-state index contributed by atoms with van der Waals surface area (Å²) < 4.78 is 0. The largest absolute Gasteiger partial charge is 0.507 e. The summed E-state index contributed by atoms with van der Waals surface area (Å²) in [5, 5.41) is 20.1. The molecule has 4 heteroatoms. The average Bonchev–Trinajstić information content (AvgIpc) is 2.28. The number of nitrogens with two attached hydrogens (primary N) is 1. The summed E-state index contributed by atoms with van der Waals surface area (Å²) in [5.41, 5.74) is 7.97. The van der Waals surface area contributed by atoms with Gasteiger partial charge in [0.15, 0.2) is 0 Å². The van der Waals surface area contributed by atoms with E-state index in [1.807, 2.05) is 19.1 Å². The molecular weight excluding hydrogens is 214 g/mol. The molecule has 17 heavy (non-hydrogen) atoms. The van der Waals surface area contributed by atoms with Crippen LogP contribution in [0.1, 0.15) is 16.7 Å². The van der Waals surface area contributed by atoms with Crippen LogP contribution in [0, 0.1) is 12.3 Å². The molecule has 0 unspecified atom stereocenters. The first-order valence-corrected chi connectivity index (χ1v) is 5.53. The van der Waals surface area contributed by atoms with Crippen molar-refractivity contribution in [1.82, 2.24) is 5.32 Å². The molecule has 92 valence electrons. The van der Waals surface area contributed by atoms with Crippen LogP contribution < -0.4 is 11.1 Å². The molecule has 1 aromatic carbocycles. The van der Waals surface area contributed by atoms with Crippen LogP contribution in [0.15, 0.2) is 18.7 Å². The summed E-state index contributed by atoms with van der Waals surface area (Å²) in [6.45, 7) is 6.71. The smallest absolute Gasteiger partial charge is 0.126 e. The van der Waals surface area contributed by atoms with Crippen LogP contribution in [-0.4, -0.2) is 24.0 Å². The second kappa shape index (κ2) is 6.06. The number of hydrogen-bond donors (Lipinski definition) is 4. The van der Waals surface area contributed by atoms with Crippen molar-refractivity contribution < 1.29 is 5.11 Å². The molecule has 0 spiro atoms. The van der Waals surface area contributed by atoms with Crippen molar-refractivity contribution in [2.75, 3.05) is 13.1 Å². The molecule has 0 aliphatic heterocycles. The molecule has 0 bridgehead atoms. The van der Waals surface area contributed by atoms with Gasteiger partial charge in [0.25, 0.3) is 0 Å². The second-order valence-corrected chi connectivity index (χ2v) is 4.02. The number of aromatic hydroxyl groups is 1. The maximum absolute atomic E-state index is 9.96. The number of phenolic OH excluding ortho intramolecular Hbond substituents is 1. The number of benzene rings is 1. The molecule has 0 saturated heterocycles. The Labute approximate surface area is 102 Å². The normalized spacial score (nSPS) is 10.2. The van der Waals surface area contributed by atoms with Crippen LogP contribution in [0.25, 0.3) is 6.08 Å². The van der Waals surface area contributed by atoms with Gasteiger partial charge in [-0.1, -0.05) is 18.7 Å². The molecule has 0 aliphatic rings. The Hall–Kier alpha value is -1.81. The minimum Gasteiger partial charge on any atom is -0.507 e. The van der Waals surface area contributed by atoms with Gasteiger partial charge in [-0.3, -0.25) is 5.41 Å². The number of rotatable bonds is 6. The Bertz CT molecular complexity index is 427. The Morgan fingerprint density at radius 3 is 2.88 bits per heavy atom. The molecule has 0 heterocycles. The van der Waals surface area contributed by atoms with E-state index in [1.54, 1.807) is 6.08 Å². The third kappa shape index (κ3) is 3.92. The minimum absolute atomic E-state index is 0.116. The summed E-state index contributed by atoms with van der Waals surface area (Å²) in [6.07, 6.45) is 2.34. The van der Waals surface area contributed by atoms with E-state index in [0.717, 1.165) is 16.7 Å². The lowest BCUT2D eigenvalue weighted by Gasteiger charge is -2.09. The topological polar surface area (TPSA) is 82.1 Å². The van der Waals surface area contributed by atoms with Crippen molar-refractivity contribution >= 4 is 11.9 Å². The first-order chi connectivity index (χ1) is 8.04. The highest BCUT2D eigenvalue weighted by Gasteiger charge is 2.06. The lowest BCUT2D eigenvalue weighted by Crippen LogP contribution is -2.29. The fourth-order valence-electron chi connectivity index (χ4n) is 1.68. The van der Waals surface area contributed by atoms with Gasteiger partial charge in [0.05, 0.1) is 6.54 Å². The van der Waals surface area contributed by atoms with Crippen molar-refractivity contribution in [3.05, 3.63) is 35.4 Å². The summed E-state index contributed by atoms with van der Waals surface area (Å²) in [4.78, 5) is 0. The van der Waals surface area contributed by atoms with Gasteiger partial charge < -0.3 is 16.2 Å². The SMILES string of the molecule is C=Cc1cc(C)cc(CCNCC(=N)N)c1O. The summed E-state index contributed by atoms with van der Waals surface area (Å²) in [6, 6.07) is 3.85. The Morgan fingerprint density at radius 2 is 2.29 bits per heavy atom. The number of aryl methyl sites for hydroxylation is 1. The maximum Gasteiger partial charge on any atom is 0.126 e. The Morgan fingerprint density at radius 1 is 1.59 bits per heavy atom.